The van der Waals surface area contributed by atoms with Crippen molar-refractivity contribution >= 4 is 39.3 Å². The molecule has 0 aliphatic heterocycles. The number of thioether (sulfide) groups is 1. The molecule has 0 fully saturated rings. The van der Waals surface area contributed by atoms with Crippen LogP contribution in [0.4, 0.5) is 0 Å². The number of hydrogen-bond acceptors (Lipinski definition) is 6. The molecule has 0 N–H and O–H groups in total. The quantitative estimate of drug-likeness (QED) is 0.354. The van der Waals surface area contributed by atoms with Crippen LogP contribution in [0.2, 0.25) is 0 Å². The highest BCUT2D eigenvalue weighted by Crippen LogP contribution is 2.44. The van der Waals surface area contributed by atoms with Crippen LogP contribution in [-0.2, 0) is 9.53 Å². The van der Waals surface area contributed by atoms with Crippen molar-refractivity contribution in [2.24, 2.45) is 0 Å². The fourth-order valence-electron chi connectivity index (χ4n) is 2.64. The predicted octanol–water partition coefficient (Wildman–Crippen LogP) is 5.10. The smallest absolute Gasteiger partial charge is 0.322 e. The third-order valence-electron chi connectivity index (χ3n) is 3.81. The number of carbonyl (C=O) groups is 1. The fraction of sp³-hybridized carbons (Fsp3) is 0.316. The van der Waals surface area contributed by atoms with Crippen LogP contribution >= 0.6 is 23.1 Å². The van der Waals surface area contributed by atoms with Gasteiger partial charge in [-0.15, -0.1) is 11.3 Å². The van der Waals surface area contributed by atoms with E-state index in [1.54, 1.807) is 17.7 Å². The van der Waals surface area contributed by atoms with Crippen molar-refractivity contribution in [3.8, 4) is 11.1 Å². The second-order valence-corrected chi connectivity index (χ2v) is 8.91. The molecule has 1 aromatic carbocycles. The van der Waals surface area contributed by atoms with Crippen molar-refractivity contribution in [3.05, 3.63) is 41.5 Å². The molecule has 0 amide bonds. The predicted molar refractivity (Wildman–Crippen MR) is 104 cm³/mol. The van der Waals surface area contributed by atoms with E-state index in [4.69, 9.17) is 4.74 Å². The average molecular weight is 373 g/mol. The zero-order chi connectivity index (χ0) is 18.0. The molecule has 0 spiro atoms. The molecule has 0 saturated heterocycles. The van der Waals surface area contributed by atoms with Gasteiger partial charge < -0.3 is 4.74 Å². The number of fused-ring (bicyclic) bond motifs is 1. The normalized spacial score (nSPS) is 11.7. The highest BCUT2D eigenvalue weighted by atomic mass is 32.2. The maximum Gasteiger partial charge on any atom is 0.322 e. The molecule has 2 aromatic heterocycles. The number of esters is 1. The second-order valence-electron chi connectivity index (χ2n) is 6.09. The van der Waals surface area contributed by atoms with Crippen LogP contribution in [0.25, 0.3) is 21.3 Å². The van der Waals surface area contributed by atoms with Crippen molar-refractivity contribution < 1.29 is 9.53 Å². The Balaban J connectivity index is 2.12. The van der Waals surface area contributed by atoms with Crippen LogP contribution < -0.4 is 0 Å². The number of benzene rings is 1. The van der Waals surface area contributed by atoms with Gasteiger partial charge >= 0.3 is 5.97 Å². The lowest BCUT2D eigenvalue weighted by Gasteiger charge is -2.21. The van der Waals surface area contributed by atoms with Gasteiger partial charge in [-0.2, -0.15) is 0 Å². The van der Waals surface area contributed by atoms with E-state index in [2.05, 4.69) is 29.0 Å². The second kappa shape index (κ2) is 7.14. The number of aryl methyl sites for hydroxylation is 1. The van der Waals surface area contributed by atoms with E-state index in [0.717, 1.165) is 26.4 Å². The third kappa shape index (κ3) is 3.55. The molecule has 4 nitrogen and oxygen atoms in total. The van der Waals surface area contributed by atoms with Crippen molar-refractivity contribution in [3.63, 3.8) is 0 Å². The van der Waals surface area contributed by atoms with Gasteiger partial charge in [0, 0.05) is 10.4 Å². The molecular formula is C19H20N2O2S2. The summed E-state index contributed by atoms with van der Waals surface area (Å²) in [6, 6.07) is 10.2. The molecule has 2 heterocycles. The first-order valence-electron chi connectivity index (χ1n) is 8.09. The van der Waals surface area contributed by atoms with Gasteiger partial charge in [-0.3, -0.25) is 4.79 Å². The first kappa shape index (κ1) is 17.9. The van der Waals surface area contributed by atoms with E-state index in [9.17, 15) is 4.79 Å². The maximum atomic E-state index is 12.3. The summed E-state index contributed by atoms with van der Waals surface area (Å²) >= 11 is 3.08. The summed E-state index contributed by atoms with van der Waals surface area (Å²) in [7, 11) is 0. The van der Waals surface area contributed by atoms with Crippen LogP contribution in [0.3, 0.4) is 0 Å². The fourth-order valence-corrected chi connectivity index (χ4v) is 4.74. The van der Waals surface area contributed by atoms with E-state index in [1.807, 2.05) is 39.0 Å². The van der Waals surface area contributed by atoms with Crippen molar-refractivity contribution in [2.45, 2.75) is 37.5 Å². The van der Waals surface area contributed by atoms with Gasteiger partial charge in [0.2, 0.25) is 0 Å². The van der Waals surface area contributed by atoms with E-state index in [0.29, 0.717) is 6.61 Å². The Morgan fingerprint density at radius 3 is 2.64 bits per heavy atom. The largest absolute Gasteiger partial charge is 0.465 e. The summed E-state index contributed by atoms with van der Waals surface area (Å²) in [5, 5.41) is 1.82. The number of rotatable bonds is 5. The van der Waals surface area contributed by atoms with Crippen LogP contribution in [0.15, 0.2) is 41.7 Å². The highest BCUT2D eigenvalue weighted by Gasteiger charge is 2.32. The van der Waals surface area contributed by atoms with Gasteiger partial charge in [0.25, 0.3) is 0 Å². The Kier molecular flexibility index (Phi) is 5.11. The third-order valence-corrected chi connectivity index (χ3v) is 6.00. The van der Waals surface area contributed by atoms with E-state index in [-0.39, 0.29) is 5.97 Å². The molecule has 0 unspecified atom stereocenters. The average Bonchev–Trinajstić information content (AvgIpc) is 2.92. The maximum absolute atomic E-state index is 12.3. The molecule has 6 heteroatoms. The monoisotopic (exact) mass is 372 g/mol. The summed E-state index contributed by atoms with van der Waals surface area (Å²) in [5.74, 6) is -0.236. The Labute approximate surface area is 155 Å². The van der Waals surface area contributed by atoms with Gasteiger partial charge in [0.1, 0.15) is 20.9 Å². The Morgan fingerprint density at radius 2 is 1.96 bits per heavy atom. The summed E-state index contributed by atoms with van der Waals surface area (Å²) < 4.78 is 4.49. The standard InChI is InChI=1S/C19H20N2O2S2/c1-5-23-18(22)19(3,4)25-17-15-14(13-9-7-6-8-10-13)12(2)24-16(15)20-11-21-17/h6-11H,5H2,1-4H3. The molecule has 0 aliphatic rings. The lowest BCUT2D eigenvalue weighted by molar-refractivity contribution is -0.145. The van der Waals surface area contributed by atoms with Crippen LogP contribution in [-0.4, -0.2) is 27.3 Å². The van der Waals surface area contributed by atoms with Crippen LogP contribution in [0, 0.1) is 6.92 Å². The van der Waals surface area contributed by atoms with Gasteiger partial charge in [0.15, 0.2) is 0 Å². The number of nitrogens with zero attached hydrogens (tertiary/aromatic N) is 2. The SMILES string of the molecule is CCOC(=O)C(C)(C)Sc1ncnc2sc(C)c(-c3ccccc3)c12. The Morgan fingerprint density at radius 1 is 1.24 bits per heavy atom. The number of aromatic nitrogens is 2. The van der Waals surface area contributed by atoms with Crippen LogP contribution in [0.5, 0.6) is 0 Å². The summed E-state index contributed by atoms with van der Waals surface area (Å²) in [5.41, 5.74) is 2.28. The van der Waals surface area contributed by atoms with Gasteiger partial charge in [-0.25, -0.2) is 9.97 Å². The zero-order valence-corrected chi connectivity index (χ0v) is 16.3. The zero-order valence-electron chi connectivity index (χ0n) is 14.7. The highest BCUT2D eigenvalue weighted by molar-refractivity contribution is 8.01. The lowest BCUT2D eigenvalue weighted by Crippen LogP contribution is -2.30. The number of ether oxygens (including phenoxy) is 1. The molecule has 25 heavy (non-hydrogen) atoms. The summed E-state index contributed by atoms with van der Waals surface area (Å²) in [4.78, 5) is 23.3. The molecule has 0 radical (unpaired) electrons. The van der Waals surface area contributed by atoms with Crippen molar-refractivity contribution in [1.29, 1.82) is 0 Å². The number of thiophene rings is 1. The van der Waals surface area contributed by atoms with Gasteiger partial charge in [-0.1, -0.05) is 42.1 Å². The van der Waals surface area contributed by atoms with Gasteiger partial charge in [0.05, 0.1) is 12.0 Å². The summed E-state index contributed by atoms with van der Waals surface area (Å²) in [6.07, 6.45) is 1.57. The molecule has 3 aromatic rings. The van der Waals surface area contributed by atoms with Crippen molar-refractivity contribution in [2.75, 3.05) is 6.61 Å². The minimum Gasteiger partial charge on any atom is -0.465 e. The first-order chi connectivity index (χ1) is 11.9. The lowest BCUT2D eigenvalue weighted by atomic mass is 10.0. The van der Waals surface area contributed by atoms with Crippen LogP contribution in [0.1, 0.15) is 25.6 Å². The van der Waals surface area contributed by atoms with E-state index >= 15 is 0 Å². The molecule has 0 saturated carbocycles. The number of hydrogen-bond donors (Lipinski definition) is 0. The molecule has 0 aliphatic carbocycles. The Bertz CT molecular complexity index is 904. The number of carbonyl (C=O) groups excluding carboxylic acids is 1. The molecule has 0 bridgehead atoms. The topological polar surface area (TPSA) is 52.1 Å². The minimum absolute atomic E-state index is 0.236. The Hall–Kier alpha value is -1.92. The van der Waals surface area contributed by atoms with Crippen molar-refractivity contribution in [1.82, 2.24) is 9.97 Å². The minimum atomic E-state index is -0.721. The van der Waals surface area contributed by atoms with E-state index in [1.165, 1.54) is 16.6 Å². The molecular weight excluding hydrogens is 352 g/mol. The molecule has 130 valence electrons. The van der Waals surface area contributed by atoms with E-state index < -0.39 is 4.75 Å². The molecule has 3 rings (SSSR count). The first-order valence-corrected chi connectivity index (χ1v) is 9.73. The molecule has 0 atom stereocenters. The summed E-state index contributed by atoms with van der Waals surface area (Å²) in [6.45, 7) is 8.02. The van der Waals surface area contributed by atoms with Gasteiger partial charge in [-0.05, 0) is 33.3 Å².